The van der Waals surface area contributed by atoms with Crippen LogP contribution < -0.4 is 9.47 Å². The highest BCUT2D eigenvalue weighted by Gasteiger charge is 2.19. The van der Waals surface area contributed by atoms with Crippen molar-refractivity contribution in [2.45, 2.75) is 13.5 Å². The third-order valence-electron chi connectivity index (χ3n) is 4.84. The lowest BCUT2D eigenvalue weighted by molar-refractivity contribution is 0.0697. The van der Waals surface area contributed by atoms with E-state index in [1.165, 1.54) is 0 Å². The molecule has 33 heavy (non-hydrogen) atoms. The van der Waals surface area contributed by atoms with E-state index in [0.29, 0.717) is 46.6 Å². The van der Waals surface area contributed by atoms with Crippen LogP contribution in [0.25, 0.3) is 21.7 Å². The van der Waals surface area contributed by atoms with Crippen LogP contribution in [-0.4, -0.2) is 34.1 Å². The minimum atomic E-state index is -0.972. The zero-order valence-corrected chi connectivity index (χ0v) is 20.8. The van der Waals surface area contributed by atoms with Gasteiger partial charge < -0.3 is 14.6 Å². The molecule has 4 aromatic rings. The van der Waals surface area contributed by atoms with Crippen LogP contribution in [-0.2, 0) is 6.54 Å². The third-order valence-corrected chi connectivity index (χ3v) is 6.76. The molecule has 0 bridgehead atoms. The Kier molecular flexibility index (Phi) is 7.37. The Morgan fingerprint density at radius 3 is 2.55 bits per heavy atom. The number of halogens is 2. The fraction of sp³-hybridized carbons (Fsp3) is 0.167. The number of nitrogens with zero attached hydrogens (tertiary/aromatic N) is 2. The summed E-state index contributed by atoms with van der Waals surface area (Å²) >= 11 is 11.7. The van der Waals surface area contributed by atoms with Gasteiger partial charge >= 0.3 is 5.97 Å². The van der Waals surface area contributed by atoms with Gasteiger partial charge in [0.2, 0.25) is 5.88 Å². The van der Waals surface area contributed by atoms with E-state index in [1.807, 2.05) is 36.6 Å². The van der Waals surface area contributed by atoms with Crippen LogP contribution >= 0.6 is 38.9 Å². The van der Waals surface area contributed by atoms with Gasteiger partial charge in [0.05, 0.1) is 23.7 Å². The first-order chi connectivity index (χ1) is 16.0. The van der Waals surface area contributed by atoms with Crippen molar-refractivity contribution in [3.05, 3.63) is 75.0 Å². The molecule has 2 aromatic heterocycles. The predicted molar refractivity (Wildman–Crippen MR) is 134 cm³/mol. The van der Waals surface area contributed by atoms with Crippen molar-refractivity contribution in [2.24, 2.45) is 0 Å². The van der Waals surface area contributed by atoms with Crippen molar-refractivity contribution >= 4 is 44.8 Å². The molecule has 0 spiro atoms. The highest BCUT2D eigenvalue weighted by Crippen LogP contribution is 2.36. The van der Waals surface area contributed by atoms with E-state index in [2.05, 4.69) is 27.1 Å². The summed E-state index contributed by atoms with van der Waals surface area (Å²) in [6.07, 6.45) is 0. The lowest BCUT2D eigenvalue weighted by Gasteiger charge is -2.11. The Labute approximate surface area is 208 Å². The van der Waals surface area contributed by atoms with Crippen LogP contribution in [0, 0.1) is 0 Å². The number of hydrogen-bond donors (Lipinski definition) is 1. The summed E-state index contributed by atoms with van der Waals surface area (Å²) in [6.45, 7) is 3.14. The fourth-order valence-electron chi connectivity index (χ4n) is 3.26. The molecule has 0 amide bonds. The van der Waals surface area contributed by atoms with E-state index in [0.717, 1.165) is 16.0 Å². The molecular weight excluding hydrogens is 528 g/mol. The van der Waals surface area contributed by atoms with Crippen LogP contribution in [0.4, 0.5) is 0 Å². The van der Waals surface area contributed by atoms with Gasteiger partial charge in [-0.1, -0.05) is 29.8 Å². The Morgan fingerprint density at radius 1 is 1.15 bits per heavy atom. The molecule has 0 aliphatic rings. The first-order valence-corrected chi connectivity index (χ1v) is 12.2. The number of ether oxygens (including phenoxy) is 2. The van der Waals surface area contributed by atoms with E-state index in [-0.39, 0.29) is 5.56 Å². The maximum absolute atomic E-state index is 11.1. The molecule has 0 fully saturated rings. The van der Waals surface area contributed by atoms with Crippen molar-refractivity contribution in [3.8, 4) is 33.3 Å². The minimum Gasteiger partial charge on any atom is -0.490 e. The van der Waals surface area contributed by atoms with Crippen LogP contribution in [0.5, 0.6) is 11.6 Å². The molecule has 0 radical (unpaired) electrons. The Bertz CT molecular complexity index is 1260. The molecule has 1 N–H and O–H groups in total. The predicted octanol–water partition coefficient (Wildman–Crippen LogP) is 6.87. The molecule has 0 aliphatic carbocycles. The SMILES string of the molecule is CCOc1c(Br)c(-c2ccc(C(=O)O)cc2)nn1CCOc1ccc(-c2cccs2)cc1Cl. The van der Waals surface area contributed by atoms with E-state index in [1.54, 1.807) is 40.3 Å². The van der Waals surface area contributed by atoms with Crippen molar-refractivity contribution in [1.29, 1.82) is 0 Å². The highest BCUT2D eigenvalue weighted by atomic mass is 79.9. The first-order valence-electron chi connectivity index (χ1n) is 10.2. The van der Waals surface area contributed by atoms with Gasteiger partial charge in [0.15, 0.2) is 0 Å². The number of hydrogen-bond acceptors (Lipinski definition) is 5. The van der Waals surface area contributed by atoms with Crippen LogP contribution in [0.15, 0.2) is 64.5 Å². The number of thiophene rings is 1. The molecular formula is C24H20BrClN2O4S. The molecule has 0 saturated carbocycles. The molecule has 2 heterocycles. The number of benzene rings is 2. The minimum absolute atomic E-state index is 0.217. The molecule has 170 valence electrons. The zero-order chi connectivity index (χ0) is 23.4. The van der Waals surface area contributed by atoms with Gasteiger partial charge in [-0.05, 0) is 70.2 Å². The van der Waals surface area contributed by atoms with Crippen molar-refractivity contribution in [3.63, 3.8) is 0 Å². The number of aromatic nitrogens is 2. The largest absolute Gasteiger partial charge is 0.490 e. The quantitative estimate of drug-likeness (QED) is 0.247. The molecule has 0 unspecified atom stereocenters. The maximum atomic E-state index is 11.1. The van der Waals surface area contributed by atoms with E-state index in [4.69, 9.17) is 26.2 Å². The molecule has 0 atom stereocenters. The molecule has 2 aromatic carbocycles. The lowest BCUT2D eigenvalue weighted by Crippen LogP contribution is -2.12. The average Bonchev–Trinajstić information content (AvgIpc) is 3.45. The summed E-state index contributed by atoms with van der Waals surface area (Å²) in [5.74, 6) is 0.212. The van der Waals surface area contributed by atoms with Crippen LogP contribution in [0.1, 0.15) is 17.3 Å². The lowest BCUT2D eigenvalue weighted by atomic mass is 10.1. The van der Waals surface area contributed by atoms with Gasteiger partial charge in [-0.15, -0.1) is 11.3 Å². The zero-order valence-electron chi connectivity index (χ0n) is 17.6. The maximum Gasteiger partial charge on any atom is 0.335 e. The summed E-state index contributed by atoms with van der Waals surface area (Å²) < 4.78 is 14.1. The Hall–Kier alpha value is -2.81. The summed E-state index contributed by atoms with van der Waals surface area (Å²) in [6, 6.07) is 16.4. The van der Waals surface area contributed by atoms with Crippen molar-refractivity contribution in [1.82, 2.24) is 9.78 Å². The normalized spacial score (nSPS) is 10.9. The summed E-state index contributed by atoms with van der Waals surface area (Å²) in [5, 5.41) is 16.4. The molecule has 9 heteroatoms. The van der Waals surface area contributed by atoms with Gasteiger partial charge in [-0.25, -0.2) is 9.48 Å². The number of rotatable bonds is 9. The average molecular weight is 548 g/mol. The van der Waals surface area contributed by atoms with Gasteiger partial charge in [-0.3, -0.25) is 0 Å². The number of carboxylic acids is 1. The van der Waals surface area contributed by atoms with E-state index >= 15 is 0 Å². The first kappa shape index (κ1) is 23.4. The Balaban J connectivity index is 1.50. The van der Waals surface area contributed by atoms with Gasteiger partial charge in [0.25, 0.3) is 0 Å². The van der Waals surface area contributed by atoms with E-state index < -0.39 is 5.97 Å². The molecule has 0 saturated heterocycles. The summed E-state index contributed by atoms with van der Waals surface area (Å²) in [5.41, 5.74) is 2.71. The number of carbonyl (C=O) groups is 1. The molecule has 6 nitrogen and oxygen atoms in total. The second kappa shape index (κ2) is 10.4. The topological polar surface area (TPSA) is 73.6 Å². The summed E-state index contributed by atoms with van der Waals surface area (Å²) in [7, 11) is 0. The number of carboxylic acid groups (broad SMARTS) is 1. The number of aromatic carboxylic acids is 1. The van der Waals surface area contributed by atoms with Gasteiger partial charge in [0, 0.05) is 10.4 Å². The van der Waals surface area contributed by atoms with Crippen molar-refractivity contribution < 1.29 is 19.4 Å². The van der Waals surface area contributed by atoms with Crippen molar-refractivity contribution in [2.75, 3.05) is 13.2 Å². The second-order valence-corrected chi connectivity index (χ2v) is 9.13. The smallest absolute Gasteiger partial charge is 0.335 e. The second-order valence-electron chi connectivity index (χ2n) is 6.98. The van der Waals surface area contributed by atoms with Gasteiger partial charge in [0.1, 0.15) is 22.5 Å². The molecule has 0 aliphatic heterocycles. The fourth-order valence-corrected chi connectivity index (χ4v) is 4.85. The standard InChI is InChI=1S/C24H20BrClN2O4S/c1-2-31-23-21(25)22(15-5-7-16(8-6-15)24(29)30)27-28(23)11-12-32-19-10-9-17(14-18(19)26)20-4-3-13-33-20/h3-10,13-14H,2,11-12H2,1H3,(H,29,30). The molecule has 4 rings (SSSR count). The highest BCUT2D eigenvalue weighted by molar-refractivity contribution is 9.10. The monoisotopic (exact) mass is 546 g/mol. The van der Waals surface area contributed by atoms with Crippen LogP contribution in [0.3, 0.4) is 0 Å². The Morgan fingerprint density at radius 2 is 1.91 bits per heavy atom. The summed E-state index contributed by atoms with van der Waals surface area (Å²) in [4.78, 5) is 12.3. The van der Waals surface area contributed by atoms with E-state index in [9.17, 15) is 4.79 Å². The van der Waals surface area contributed by atoms with Crippen LogP contribution in [0.2, 0.25) is 5.02 Å². The van der Waals surface area contributed by atoms with Gasteiger partial charge in [-0.2, -0.15) is 5.10 Å². The third kappa shape index (κ3) is 5.24.